The van der Waals surface area contributed by atoms with E-state index in [0.717, 1.165) is 41.8 Å². The number of likely N-dealkylation sites (N-methyl/N-ethyl adjacent to an activating group) is 1. The maximum Gasteiger partial charge on any atom is 0.133 e. The molecule has 1 aromatic carbocycles. The van der Waals surface area contributed by atoms with Gasteiger partial charge < -0.3 is 20.7 Å². The van der Waals surface area contributed by atoms with Crippen LogP contribution in [0.5, 0.6) is 5.75 Å². The first-order valence-electron chi connectivity index (χ1n) is 6.61. The van der Waals surface area contributed by atoms with Crippen LogP contribution in [-0.4, -0.2) is 44.7 Å². The van der Waals surface area contributed by atoms with E-state index in [0.29, 0.717) is 6.04 Å². The van der Waals surface area contributed by atoms with Crippen LogP contribution in [0.4, 0.5) is 0 Å². The number of halogens is 1. The van der Waals surface area contributed by atoms with E-state index in [-0.39, 0.29) is 6.04 Å². The maximum atomic E-state index is 6.33. The number of ether oxygens (including phenoxy) is 1. The van der Waals surface area contributed by atoms with Crippen molar-refractivity contribution in [1.29, 1.82) is 0 Å². The molecule has 19 heavy (non-hydrogen) atoms. The first kappa shape index (κ1) is 14.8. The molecular formula is C14H22BrN3O. The smallest absolute Gasteiger partial charge is 0.133 e. The lowest BCUT2D eigenvalue weighted by Gasteiger charge is -2.34. The lowest BCUT2D eigenvalue weighted by molar-refractivity contribution is 0.182. The van der Waals surface area contributed by atoms with Crippen molar-refractivity contribution < 1.29 is 4.74 Å². The van der Waals surface area contributed by atoms with E-state index in [9.17, 15) is 0 Å². The summed E-state index contributed by atoms with van der Waals surface area (Å²) in [7, 11) is 3.84. The van der Waals surface area contributed by atoms with E-state index in [4.69, 9.17) is 10.5 Å². The molecule has 5 heteroatoms. The molecule has 106 valence electrons. The van der Waals surface area contributed by atoms with Crippen molar-refractivity contribution in [2.45, 2.75) is 18.5 Å². The van der Waals surface area contributed by atoms with E-state index >= 15 is 0 Å². The standard InChI is InChI=1S/C14H22BrN3O/c1-18-6-5-17-9-11(18)8-13(16)10-3-4-14(19-2)12(15)7-10/h3-4,7,11,13,17H,5-6,8-9,16H2,1-2H3. The normalized spacial score (nSPS) is 22.2. The lowest BCUT2D eigenvalue weighted by Crippen LogP contribution is -2.50. The Labute approximate surface area is 123 Å². The van der Waals surface area contributed by atoms with Gasteiger partial charge in [0.05, 0.1) is 11.6 Å². The lowest BCUT2D eigenvalue weighted by atomic mass is 9.98. The zero-order chi connectivity index (χ0) is 13.8. The zero-order valence-electron chi connectivity index (χ0n) is 11.5. The summed E-state index contributed by atoms with van der Waals surface area (Å²) in [5, 5.41) is 3.43. The number of nitrogens with two attached hydrogens (primary N) is 1. The van der Waals surface area contributed by atoms with Crippen LogP contribution in [0.2, 0.25) is 0 Å². The van der Waals surface area contributed by atoms with Crippen molar-refractivity contribution >= 4 is 15.9 Å². The Morgan fingerprint density at radius 3 is 3.00 bits per heavy atom. The summed E-state index contributed by atoms with van der Waals surface area (Å²) >= 11 is 3.51. The van der Waals surface area contributed by atoms with Crippen LogP contribution in [0.1, 0.15) is 18.0 Å². The molecule has 1 heterocycles. The van der Waals surface area contributed by atoms with Crippen molar-refractivity contribution in [1.82, 2.24) is 10.2 Å². The number of nitrogens with one attached hydrogen (secondary N) is 1. The van der Waals surface area contributed by atoms with E-state index in [1.165, 1.54) is 0 Å². The summed E-state index contributed by atoms with van der Waals surface area (Å²) < 4.78 is 6.20. The molecule has 4 nitrogen and oxygen atoms in total. The van der Waals surface area contributed by atoms with Gasteiger partial charge in [0.1, 0.15) is 5.75 Å². The van der Waals surface area contributed by atoms with Gasteiger partial charge in [-0.1, -0.05) is 6.07 Å². The average Bonchev–Trinajstić information content (AvgIpc) is 2.41. The topological polar surface area (TPSA) is 50.5 Å². The van der Waals surface area contributed by atoms with Gasteiger partial charge in [-0.25, -0.2) is 0 Å². The summed E-state index contributed by atoms with van der Waals surface area (Å²) in [6, 6.07) is 6.62. The molecule has 0 bridgehead atoms. The maximum absolute atomic E-state index is 6.33. The van der Waals surface area contributed by atoms with Gasteiger partial charge >= 0.3 is 0 Å². The summed E-state index contributed by atoms with van der Waals surface area (Å²) in [4.78, 5) is 2.38. The van der Waals surface area contributed by atoms with E-state index in [2.05, 4.69) is 39.3 Å². The number of hydrogen-bond donors (Lipinski definition) is 2. The minimum absolute atomic E-state index is 0.0505. The molecule has 0 aliphatic carbocycles. The number of rotatable bonds is 4. The molecule has 1 aromatic rings. The highest BCUT2D eigenvalue weighted by atomic mass is 79.9. The van der Waals surface area contributed by atoms with Gasteiger partial charge in [-0.15, -0.1) is 0 Å². The molecule has 1 saturated heterocycles. The second-order valence-corrected chi connectivity index (χ2v) is 5.93. The monoisotopic (exact) mass is 327 g/mol. The fourth-order valence-corrected chi connectivity index (χ4v) is 3.03. The third-order valence-corrected chi connectivity index (χ3v) is 4.39. The number of methoxy groups -OCH3 is 1. The van der Waals surface area contributed by atoms with Crippen LogP contribution in [-0.2, 0) is 0 Å². The third-order valence-electron chi connectivity index (χ3n) is 3.77. The van der Waals surface area contributed by atoms with Crippen LogP contribution >= 0.6 is 15.9 Å². The minimum atomic E-state index is 0.0505. The predicted octanol–water partition coefficient (Wildman–Crippen LogP) is 1.75. The highest BCUT2D eigenvalue weighted by molar-refractivity contribution is 9.10. The Balaban J connectivity index is 2.02. The summed E-state index contributed by atoms with van der Waals surface area (Å²) in [6.07, 6.45) is 0.961. The molecule has 3 N–H and O–H groups in total. The predicted molar refractivity (Wildman–Crippen MR) is 81.5 cm³/mol. The molecule has 2 unspecified atom stereocenters. The van der Waals surface area contributed by atoms with Gasteiger partial charge in [-0.2, -0.15) is 0 Å². The molecule has 2 rings (SSSR count). The van der Waals surface area contributed by atoms with E-state index < -0.39 is 0 Å². The van der Waals surface area contributed by atoms with Gasteiger partial charge in [0.25, 0.3) is 0 Å². The first-order chi connectivity index (χ1) is 9.11. The van der Waals surface area contributed by atoms with Crippen LogP contribution < -0.4 is 15.8 Å². The Hall–Kier alpha value is -0.620. The Morgan fingerprint density at radius 1 is 1.58 bits per heavy atom. The van der Waals surface area contributed by atoms with Crippen molar-refractivity contribution in [2.24, 2.45) is 5.73 Å². The van der Waals surface area contributed by atoms with Gasteiger partial charge in [-0.05, 0) is 47.1 Å². The van der Waals surface area contributed by atoms with Crippen LogP contribution in [0.3, 0.4) is 0 Å². The highest BCUT2D eigenvalue weighted by Crippen LogP contribution is 2.29. The molecule has 0 aromatic heterocycles. The molecule has 0 amide bonds. The van der Waals surface area contributed by atoms with Gasteiger partial charge in [-0.3, -0.25) is 0 Å². The molecule has 1 aliphatic rings. The molecular weight excluding hydrogens is 306 g/mol. The van der Waals surface area contributed by atoms with E-state index in [1.807, 2.05) is 12.1 Å². The molecule has 1 aliphatic heterocycles. The summed E-state index contributed by atoms with van der Waals surface area (Å²) in [6.45, 7) is 3.17. The largest absolute Gasteiger partial charge is 0.496 e. The molecule has 0 saturated carbocycles. The Bertz CT molecular complexity index is 427. The van der Waals surface area contributed by atoms with Crippen LogP contribution in [0.25, 0.3) is 0 Å². The number of hydrogen-bond acceptors (Lipinski definition) is 4. The number of piperazine rings is 1. The first-order valence-corrected chi connectivity index (χ1v) is 7.41. The second-order valence-electron chi connectivity index (χ2n) is 5.07. The van der Waals surface area contributed by atoms with Crippen molar-refractivity contribution in [2.75, 3.05) is 33.8 Å². The average molecular weight is 328 g/mol. The highest BCUT2D eigenvalue weighted by Gasteiger charge is 2.22. The summed E-state index contributed by atoms with van der Waals surface area (Å²) in [5.74, 6) is 0.840. The van der Waals surface area contributed by atoms with Crippen LogP contribution in [0, 0.1) is 0 Å². The molecule has 0 spiro atoms. The van der Waals surface area contributed by atoms with Crippen molar-refractivity contribution in [3.05, 3.63) is 28.2 Å². The molecule has 0 radical (unpaired) electrons. The Kier molecular flexibility index (Phi) is 5.21. The number of benzene rings is 1. The van der Waals surface area contributed by atoms with Gasteiger partial charge in [0.2, 0.25) is 0 Å². The minimum Gasteiger partial charge on any atom is -0.496 e. The van der Waals surface area contributed by atoms with E-state index in [1.54, 1.807) is 7.11 Å². The third kappa shape index (κ3) is 3.69. The van der Waals surface area contributed by atoms with Crippen molar-refractivity contribution in [3.63, 3.8) is 0 Å². The summed E-state index contributed by atoms with van der Waals surface area (Å²) in [5.41, 5.74) is 7.48. The van der Waals surface area contributed by atoms with Gasteiger partial charge in [0, 0.05) is 31.7 Å². The number of nitrogens with zero attached hydrogens (tertiary/aromatic N) is 1. The van der Waals surface area contributed by atoms with Crippen molar-refractivity contribution in [3.8, 4) is 5.75 Å². The second kappa shape index (κ2) is 6.70. The fourth-order valence-electron chi connectivity index (χ4n) is 2.47. The Morgan fingerprint density at radius 2 is 2.37 bits per heavy atom. The zero-order valence-corrected chi connectivity index (χ0v) is 13.1. The van der Waals surface area contributed by atoms with Gasteiger partial charge in [0.15, 0.2) is 0 Å². The quantitative estimate of drug-likeness (QED) is 0.884. The van der Waals surface area contributed by atoms with Crippen LogP contribution in [0.15, 0.2) is 22.7 Å². The fraction of sp³-hybridized carbons (Fsp3) is 0.571. The SMILES string of the molecule is COc1ccc(C(N)CC2CNCCN2C)cc1Br. The molecule has 1 fully saturated rings. The molecule has 2 atom stereocenters.